The molecule has 0 atom stereocenters. The Morgan fingerprint density at radius 1 is 1.22 bits per heavy atom. The lowest BCUT2D eigenvalue weighted by atomic mass is 10.1. The summed E-state index contributed by atoms with van der Waals surface area (Å²) in [7, 11) is 0. The maximum Gasteiger partial charge on any atom is 0.121 e. The van der Waals surface area contributed by atoms with Crippen molar-refractivity contribution < 1.29 is 0 Å². The number of nitrogens with two attached hydrogens (primary N) is 2. The largest absolute Gasteiger partial charge is 0.385 e. The van der Waals surface area contributed by atoms with Crippen LogP contribution in [-0.4, -0.2) is 37.3 Å². The molecule has 8 heteroatoms. The van der Waals surface area contributed by atoms with Crippen molar-refractivity contribution in [3.8, 4) is 0 Å². The monoisotopic (exact) mass is 373 g/mol. The van der Waals surface area contributed by atoms with Gasteiger partial charge in [0, 0.05) is 48.6 Å². The van der Waals surface area contributed by atoms with Crippen LogP contribution >= 0.6 is 34.8 Å². The number of hydrogen-bond acceptors (Lipinski definition) is 5. The fourth-order valence-electron chi connectivity index (χ4n) is 2.20. The minimum absolute atomic E-state index is 0.0714. The first kappa shape index (κ1) is 17.9. The minimum atomic E-state index is 0.0714. The van der Waals surface area contributed by atoms with E-state index in [0.29, 0.717) is 32.0 Å². The Bertz CT molecular complexity index is 659. The van der Waals surface area contributed by atoms with Crippen molar-refractivity contribution in [1.82, 2.24) is 10.2 Å². The van der Waals surface area contributed by atoms with Crippen molar-refractivity contribution in [2.45, 2.75) is 0 Å². The van der Waals surface area contributed by atoms with Crippen molar-refractivity contribution >= 4 is 46.6 Å². The second kappa shape index (κ2) is 7.93. The number of nitrogens with one attached hydrogen (secondary N) is 1. The lowest BCUT2D eigenvalue weighted by Gasteiger charge is -2.28. The van der Waals surface area contributed by atoms with Crippen molar-refractivity contribution in [1.29, 1.82) is 0 Å². The van der Waals surface area contributed by atoms with Gasteiger partial charge in [0.2, 0.25) is 0 Å². The summed E-state index contributed by atoms with van der Waals surface area (Å²) in [6.07, 6.45) is 1.54. The maximum absolute atomic E-state index is 6.23. The third kappa shape index (κ3) is 4.54. The van der Waals surface area contributed by atoms with Gasteiger partial charge in [-0.15, -0.1) is 0 Å². The molecule has 5 N–H and O–H groups in total. The molecule has 0 saturated carbocycles. The van der Waals surface area contributed by atoms with E-state index in [1.807, 2.05) is 0 Å². The lowest BCUT2D eigenvalue weighted by Crippen LogP contribution is -2.42. The van der Waals surface area contributed by atoms with Gasteiger partial charge < -0.3 is 21.7 Å². The molecular weight excluding hydrogens is 357 g/mol. The standard InChI is InChI=1S/C15H18Cl3N5/c1-9(23-4-2-21-3-5-23)22-8-12(15(19)20)11-6-10(16)7-13(17)14(11)18/h6-8,21H,1-5,19-20H2/b22-8-. The van der Waals surface area contributed by atoms with E-state index in [2.05, 4.69) is 21.8 Å². The molecule has 1 aromatic rings. The molecule has 1 heterocycles. The molecule has 1 fully saturated rings. The van der Waals surface area contributed by atoms with Gasteiger partial charge in [-0.1, -0.05) is 41.4 Å². The van der Waals surface area contributed by atoms with Crippen LogP contribution in [0.1, 0.15) is 5.56 Å². The van der Waals surface area contributed by atoms with Gasteiger partial charge in [0.1, 0.15) is 11.6 Å². The lowest BCUT2D eigenvalue weighted by molar-refractivity contribution is 0.298. The van der Waals surface area contributed by atoms with Gasteiger partial charge in [0.15, 0.2) is 0 Å². The fraction of sp³-hybridized carbons (Fsp3) is 0.267. The van der Waals surface area contributed by atoms with Gasteiger partial charge in [0.05, 0.1) is 10.0 Å². The van der Waals surface area contributed by atoms with Crippen LogP contribution in [-0.2, 0) is 0 Å². The summed E-state index contributed by atoms with van der Waals surface area (Å²) in [5, 5.41) is 4.34. The van der Waals surface area contributed by atoms with Gasteiger partial charge in [-0.3, -0.25) is 0 Å². The first-order chi connectivity index (χ1) is 10.9. The molecule has 0 unspecified atom stereocenters. The molecule has 0 spiro atoms. The highest BCUT2D eigenvalue weighted by atomic mass is 35.5. The van der Waals surface area contributed by atoms with Crippen LogP contribution in [0.15, 0.2) is 35.3 Å². The summed E-state index contributed by atoms with van der Waals surface area (Å²) in [5.74, 6) is 0.705. The topological polar surface area (TPSA) is 79.7 Å². The normalized spacial score (nSPS) is 15.0. The minimum Gasteiger partial charge on any atom is -0.385 e. The van der Waals surface area contributed by atoms with E-state index >= 15 is 0 Å². The molecule has 1 aliphatic rings. The maximum atomic E-state index is 6.23. The summed E-state index contributed by atoms with van der Waals surface area (Å²) in [5.41, 5.74) is 12.5. The van der Waals surface area contributed by atoms with E-state index in [9.17, 15) is 0 Å². The summed E-state index contributed by atoms with van der Waals surface area (Å²) >= 11 is 18.3. The fourth-order valence-corrected chi connectivity index (χ4v) is 2.90. The molecule has 23 heavy (non-hydrogen) atoms. The number of rotatable bonds is 4. The number of benzene rings is 1. The van der Waals surface area contributed by atoms with E-state index in [4.69, 9.17) is 46.3 Å². The Morgan fingerprint density at radius 2 is 1.87 bits per heavy atom. The van der Waals surface area contributed by atoms with E-state index in [0.717, 1.165) is 26.2 Å². The molecule has 0 radical (unpaired) electrons. The summed E-state index contributed by atoms with van der Waals surface area (Å²) in [4.78, 5) is 6.44. The summed E-state index contributed by atoms with van der Waals surface area (Å²) in [6, 6.07) is 3.19. The van der Waals surface area contributed by atoms with Crippen molar-refractivity contribution in [2.24, 2.45) is 16.5 Å². The second-order valence-corrected chi connectivity index (χ2v) is 6.25. The zero-order valence-corrected chi connectivity index (χ0v) is 14.7. The van der Waals surface area contributed by atoms with E-state index in [-0.39, 0.29) is 5.82 Å². The number of allylic oxidation sites excluding steroid dienone is 1. The highest BCUT2D eigenvalue weighted by molar-refractivity contribution is 6.45. The highest BCUT2D eigenvalue weighted by Gasteiger charge is 2.14. The van der Waals surface area contributed by atoms with Crippen molar-refractivity contribution in [3.63, 3.8) is 0 Å². The number of aliphatic imine (C=N–C) groups is 1. The second-order valence-electron chi connectivity index (χ2n) is 5.03. The average Bonchev–Trinajstić information content (AvgIpc) is 2.52. The molecular formula is C15H18Cl3N5. The van der Waals surface area contributed by atoms with Crippen LogP contribution in [0, 0.1) is 0 Å². The summed E-state index contributed by atoms with van der Waals surface area (Å²) in [6.45, 7) is 7.45. The Hall–Kier alpha value is -1.40. The van der Waals surface area contributed by atoms with Crippen LogP contribution in [0.3, 0.4) is 0 Å². The molecule has 0 aliphatic carbocycles. The smallest absolute Gasteiger partial charge is 0.121 e. The Kier molecular flexibility index (Phi) is 6.18. The highest BCUT2D eigenvalue weighted by Crippen LogP contribution is 2.33. The zero-order chi connectivity index (χ0) is 17.0. The van der Waals surface area contributed by atoms with Crippen LogP contribution < -0.4 is 16.8 Å². The third-order valence-corrected chi connectivity index (χ3v) is 4.44. The summed E-state index contributed by atoms with van der Waals surface area (Å²) < 4.78 is 0. The van der Waals surface area contributed by atoms with Gasteiger partial charge in [-0.05, 0) is 12.1 Å². The predicted molar refractivity (Wildman–Crippen MR) is 98.8 cm³/mol. The molecule has 1 aliphatic heterocycles. The van der Waals surface area contributed by atoms with E-state index in [1.165, 1.54) is 6.21 Å². The van der Waals surface area contributed by atoms with Crippen LogP contribution in [0.5, 0.6) is 0 Å². The van der Waals surface area contributed by atoms with Crippen LogP contribution in [0.4, 0.5) is 0 Å². The number of piperazine rings is 1. The van der Waals surface area contributed by atoms with Crippen molar-refractivity contribution in [3.05, 3.63) is 51.0 Å². The van der Waals surface area contributed by atoms with Gasteiger partial charge >= 0.3 is 0 Å². The zero-order valence-electron chi connectivity index (χ0n) is 12.5. The van der Waals surface area contributed by atoms with Crippen molar-refractivity contribution in [2.75, 3.05) is 26.2 Å². The quantitative estimate of drug-likeness (QED) is 0.559. The molecule has 2 rings (SSSR count). The predicted octanol–water partition coefficient (Wildman–Crippen LogP) is 2.68. The number of halogens is 3. The number of nitrogens with zero attached hydrogens (tertiary/aromatic N) is 2. The Labute approximate surface area is 150 Å². The Balaban J connectivity index is 2.28. The molecule has 0 amide bonds. The molecule has 5 nitrogen and oxygen atoms in total. The van der Waals surface area contributed by atoms with Crippen LogP contribution in [0.2, 0.25) is 15.1 Å². The van der Waals surface area contributed by atoms with Crippen LogP contribution in [0.25, 0.3) is 5.57 Å². The van der Waals surface area contributed by atoms with E-state index in [1.54, 1.807) is 12.1 Å². The molecule has 1 aromatic carbocycles. The first-order valence-electron chi connectivity index (χ1n) is 6.99. The first-order valence-corrected chi connectivity index (χ1v) is 8.12. The average molecular weight is 375 g/mol. The number of hydrogen-bond donors (Lipinski definition) is 3. The third-order valence-electron chi connectivity index (χ3n) is 3.42. The SMILES string of the molecule is C=C(/N=C\C(=C(N)N)c1cc(Cl)cc(Cl)c1Cl)N1CCNCC1. The molecule has 0 aromatic heterocycles. The van der Waals surface area contributed by atoms with Gasteiger partial charge in [-0.2, -0.15) is 0 Å². The van der Waals surface area contributed by atoms with E-state index < -0.39 is 0 Å². The van der Waals surface area contributed by atoms with Gasteiger partial charge in [-0.25, -0.2) is 4.99 Å². The Morgan fingerprint density at radius 3 is 2.48 bits per heavy atom. The van der Waals surface area contributed by atoms with Gasteiger partial charge in [0.25, 0.3) is 0 Å². The molecule has 1 saturated heterocycles. The molecule has 0 bridgehead atoms. The molecule has 124 valence electrons.